The lowest BCUT2D eigenvalue weighted by Gasteiger charge is -2.18. The van der Waals surface area contributed by atoms with Crippen molar-refractivity contribution in [2.75, 3.05) is 10.6 Å². The van der Waals surface area contributed by atoms with E-state index in [9.17, 15) is 14.0 Å². The molecule has 0 bridgehead atoms. The van der Waals surface area contributed by atoms with Crippen molar-refractivity contribution >= 4 is 67.7 Å². The third-order valence-electron chi connectivity index (χ3n) is 5.84. The van der Waals surface area contributed by atoms with Crippen molar-refractivity contribution in [3.63, 3.8) is 0 Å². The molecule has 3 N–H and O–H groups in total. The van der Waals surface area contributed by atoms with E-state index in [1.54, 1.807) is 52.1 Å². The molecule has 3 aromatic carbocycles. The highest BCUT2D eigenvalue weighted by atomic mass is 79.9. The van der Waals surface area contributed by atoms with Gasteiger partial charge in [0.1, 0.15) is 5.82 Å². The Morgan fingerprint density at radius 3 is 2.42 bits per heavy atom. The molecule has 0 saturated heterocycles. The Hall–Kier alpha value is -3.50. The molecule has 0 saturated carbocycles. The van der Waals surface area contributed by atoms with E-state index in [4.69, 9.17) is 11.6 Å². The monoisotopic (exact) mass is 603 g/mol. The average Bonchev–Trinajstić information content (AvgIpc) is 3.15. The lowest BCUT2D eigenvalue weighted by molar-refractivity contribution is -0.128. The number of hydrogen-bond acceptors (Lipinski definition) is 4. The van der Waals surface area contributed by atoms with Gasteiger partial charge in [-0.25, -0.2) is 13.8 Å². The molecule has 198 valence electrons. The molecule has 38 heavy (non-hydrogen) atoms. The fraction of sp³-hybridized carbons (Fsp3) is 0.222. The topological polar surface area (TPSA) is 88.1 Å². The fourth-order valence-electron chi connectivity index (χ4n) is 3.63. The van der Waals surface area contributed by atoms with Crippen molar-refractivity contribution in [3.05, 3.63) is 80.8 Å². The zero-order valence-corrected chi connectivity index (χ0v) is 23.4. The Morgan fingerprint density at radius 2 is 1.76 bits per heavy atom. The van der Waals surface area contributed by atoms with Crippen LogP contribution >= 0.6 is 27.5 Å². The van der Waals surface area contributed by atoms with Gasteiger partial charge < -0.3 is 20.5 Å². The molecule has 4 rings (SSSR count). The van der Waals surface area contributed by atoms with Crippen LogP contribution in [0.25, 0.3) is 11.0 Å². The standard InChI is InChI=1S/C27H25BrClF2N5O2/c1-27(2,3)25(38)32-13-14-5-10-18(29)23(22(14)31)35-26-34-20-11-17(19(30)12-21(20)36(26)4)24(37)33-16-8-6-15(28)7-9-16/h5-12H,13H2,1-4H3,(H,32,38)(H,33,37)(H,34,35). The van der Waals surface area contributed by atoms with Gasteiger partial charge in [0.25, 0.3) is 5.91 Å². The lowest BCUT2D eigenvalue weighted by atomic mass is 9.95. The van der Waals surface area contributed by atoms with Crippen LogP contribution in [0.15, 0.2) is 53.0 Å². The number of imidazole rings is 1. The van der Waals surface area contributed by atoms with Crippen molar-refractivity contribution in [1.29, 1.82) is 0 Å². The molecule has 4 aromatic rings. The predicted molar refractivity (Wildman–Crippen MR) is 149 cm³/mol. The van der Waals surface area contributed by atoms with E-state index in [1.807, 2.05) is 0 Å². The molecule has 0 radical (unpaired) electrons. The highest BCUT2D eigenvalue weighted by Crippen LogP contribution is 2.32. The Morgan fingerprint density at radius 1 is 1.08 bits per heavy atom. The van der Waals surface area contributed by atoms with E-state index >= 15 is 4.39 Å². The first-order valence-electron chi connectivity index (χ1n) is 11.6. The number of amides is 2. The van der Waals surface area contributed by atoms with Crippen LogP contribution in [0.1, 0.15) is 36.7 Å². The van der Waals surface area contributed by atoms with Crippen LogP contribution in [0, 0.1) is 17.0 Å². The van der Waals surface area contributed by atoms with Crippen LogP contribution in [0.3, 0.4) is 0 Å². The summed E-state index contributed by atoms with van der Waals surface area (Å²) in [5, 5.41) is 8.34. The fourth-order valence-corrected chi connectivity index (χ4v) is 4.09. The minimum Gasteiger partial charge on any atom is -0.351 e. The van der Waals surface area contributed by atoms with E-state index in [1.165, 1.54) is 28.8 Å². The second kappa shape index (κ2) is 10.7. The minimum atomic E-state index is -0.734. The summed E-state index contributed by atoms with van der Waals surface area (Å²) in [5.74, 6) is -2.06. The zero-order valence-electron chi connectivity index (χ0n) is 21.0. The van der Waals surface area contributed by atoms with Crippen molar-refractivity contribution in [1.82, 2.24) is 14.9 Å². The molecule has 0 aliphatic heterocycles. The van der Waals surface area contributed by atoms with Gasteiger partial charge in [-0.1, -0.05) is 54.4 Å². The first-order chi connectivity index (χ1) is 17.8. The summed E-state index contributed by atoms with van der Waals surface area (Å²) in [6.45, 7) is 5.26. The molecule has 0 unspecified atom stereocenters. The maximum atomic E-state index is 15.4. The third kappa shape index (κ3) is 5.81. The highest BCUT2D eigenvalue weighted by Gasteiger charge is 2.23. The molecule has 0 fully saturated rings. The number of carbonyl (C=O) groups excluding carboxylic acids is 2. The maximum absolute atomic E-state index is 15.4. The first kappa shape index (κ1) is 27.5. The Bertz CT molecular complexity index is 1550. The number of aryl methyl sites for hydroxylation is 1. The number of aromatic nitrogens is 2. The van der Waals surface area contributed by atoms with Crippen LogP contribution in [0.2, 0.25) is 5.02 Å². The van der Waals surface area contributed by atoms with Crippen LogP contribution in [-0.4, -0.2) is 21.4 Å². The van der Waals surface area contributed by atoms with Crippen molar-refractivity contribution in [2.24, 2.45) is 12.5 Å². The predicted octanol–water partition coefficient (Wildman–Crippen LogP) is 6.93. The van der Waals surface area contributed by atoms with Crippen molar-refractivity contribution in [2.45, 2.75) is 27.3 Å². The van der Waals surface area contributed by atoms with Crippen LogP contribution in [-0.2, 0) is 18.4 Å². The summed E-state index contributed by atoms with van der Waals surface area (Å²) in [5.41, 5.74) is 0.584. The van der Waals surface area contributed by atoms with Gasteiger partial charge in [0.05, 0.1) is 27.3 Å². The summed E-state index contributed by atoms with van der Waals surface area (Å²) < 4.78 is 32.7. The van der Waals surface area contributed by atoms with Gasteiger partial charge in [-0.2, -0.15) is 0 Å². The zero-order chi connectivity index (χ0) is 27.8. The molecule has 11 heteroatoms. The number of anilines is 3. The smallest absolute Gasteiger partial charge is 0.258 e. The van der Waals surface area contributed by atoms with Gasteiger partial charge in [-0.3, -0.25) is 9.59 Å². The van der Waals surface area contributed by atoms with Crippen molar-refractivity contribution < 1.29 is 18.4 Å². The average molecular weight is 605 g/mol. The summed E-state index contributed by atoms with van der Waals surface area (Å²) in [6.07, 6.45) is 0. The number of fused-ring (bicyclic) bond motifs is 1. The second-order valence-corrected chi connectivity index (χ2v) is 11.1. The molecule has 7 nitrogen and oxygen atoms in total. The number of nitrogens with zero attached hydrogens (tertiary/aromatic N) is 2. The number of benzene rings is 3. The van der Waals surface area contributed by atoms with Crippen LogP contribution < -0.4 is 16.0 Å². The van der Waals surface area contributed by atoms with E-state index in [0.29, 0.717) is 16.7 Å². The largest absolute Gasteiger partial charge is 0.351 e. The van der Waals surface area contributed by atoms with Gasteiger partial charge in [0, 0.05) is 40.8 Å². The summed E-state index contributed by atoms with van der Waals surface area (Å²) in [7, 11) is 1.62. The molecule has 0 aliphatic rings. The number of carbonyl (C=O) groups is 2. The number of rotatable bonds is 6. The Labute approximate surface area is 231 Å². The molecular weight excluding hydrogens is 580 g/mol. The lowest BCUT2D eigenvalue weighted by Crippen LogP contribution is -2.34. The molecule has 0 spiro atoms. The van der Waals surface area contributed by atoms with E-state index < -0.39 is 23.0 Å². The molecule has 1 aromatic heterocycles. The summed E-state index contributed by atoms with van der Waals surface area (Å²) >= 11 is 9.60. The van der Waals surface area contributed by atoms with Gasteiger partial charge in [0.2, 0.25) is 11.9 Å². The quantitative estimate of drug-likeness (QED) is 0.223. The van der Waals surface area contributed by atoms with Gasteiger partial charge >= 0.3 is 0 Å². The van der Waals surface area contributed by atoms with Gasteiger partial charge in [-0.05, 0) is 36.4 Å². The second-order valence-electron chi connectivity index (χ2n) is 9.73. The summed E-state index contributed by atoms with van der Waals surface area (Å²) in [4.78, 5) is 29.4. The molecule has 0 aliphatic carbocycles. The van der Waals surface area contributed by atoms with Crippen LogP contribution in [0.4, 0.5) is 26.1 Å². The molecule has 1 heterocycles. The van der Waals surface area contributed by atoms with E-state index in [0.717, 1.165) is 4.47 Å². The number of halogens is 4. The van der Waals surface area contributed by atoms with E-state index in [-0.39, 0.29) is 40.2 Å². The normalized spacial score (nSPS) is 11.5. The maximum Gasteiger partial charge on any atom is 0.258 e. The Balaban J connectivity index is 1.61. The highest BCUT2D eigenvalue weighted by molar-refractivity contribution is 9.10. The van der Waals surface area contributed by atoms with Gasteiger partial charge in [0.15, 0.2) is 5.82 Å². The summed E-state index contributed by atoms with van der Waals surface area (Å²) in [6, 6.07) is 12.4. The van der Waals surface area contributed by atoms with E-state index in [2.05, 4.69) is 36.9 Å². The molecular formula is C27H25BrClF2N5O2. The van der Waals surface area contributed by atoms with Crippen LogP contribution in [0.5, 0.6) is 0 Å². The molecule has 2 amide bonds. The SMILES string of the molecule is Cn1c(Nc2c(Cl)ccc(CNC(=O)C(C)(C)C)c2F)nc2cc(C(=O)Nc3ccc(Br)cc3)c(F)cc21. The Kier molecular flexibility index (Phi) is 7.75. The number of nitrogens with one attached hydrogen (secondary N) is 3. The van der Waals surface area contributed by atoms with Crippen molar-refractivity contribution in [3.8, 4) is 0 Å². The minimum absolute atomic E-state index is 0.0294. The first-order valence-corrected chi connectivity index (χ1v) is 12.8. The third-order valence-corrected chi connectivity index (χ3v) is 6.69. The van der Waals surface area contributed by atoms with Gasteiger partial charge in [-0.15, -0.1) is 0 Å². The number of hydrogen-bond donors (Lipinski definition) is 3. The molecule has 0 atom stereocenters.